The second-order valence-electron chi connectivity index (χ2n) is 5.36. The second kappa shape index (κ2) is 6.33. The van der Waals surface area contributed by atoms with Crippen molar-refractivity contribution in [2.45, 2.75) is 13.8 Å². The fourth-order valence-corrected chi connectivity index (χ4v) is 2.48. The number of hydrogen-bond acceptors (Lipinski definition) is 2. The highest BCUT2D eigenvalue weighted by Gasteiger charge is 2.08. The molecule has 3 nitrogen and oxygen atoms in total. The first-order valence-corrected chi connectivity index (χ1v) is 7.37. The topological polar surface area (TPSA) is 45.8 Å². The first kappa shape index (κ1) is 14.8. The third kappa shape index (κ3) is 3.38. The zero-order valence-electron chi connectivity index (χ0n) is 13.1. The predicted molar refractivity (Wildman–Crippen MR) is 92.2 cm³/mol. The maximum absolute atomic E-state index is 12.2. The van der Waals surface area contributed by atoms with Gasteiger partial charge in [0.05, 0.1) is 0 Å². The van der Waals surface area contributed by atoms with Gasteiger partial charge in [-0.1, -0.05) is 24.1 Å². The van der Waals surface area contributed by atoms with Crippen LogP contribution in [0, 0.1) is 25.7 Å². The lowest BCUT2D eigenvalue weighted by molar-refractivity contribution is 1.11. The molecular formula is C20H16N2O. The normalized spacial score (nSPS) is 10.0. The average Bonchev–Trinajstić information content (AvgIpc) is 2.54. The van der Waals surface area contributed by atoms with Crippen LogP contribution < -0.4 is 5.43 Å². The minimum absolute atomic E-state index is 0.00340. The van der Waals surface area contributed by atoms with E-state index in [9.17, 15) is 4.79 Å². The molecule has 0 unspecified atom stereocenters. The van der Waals surface area contributed by atoms with Crippen molar-refractivity contribution in [1.29, 1.82) is 0 Å². The average molecular weight is 300 g/mol. The van der Waals surface area contributed by atoms with Crippen LogP contribution in [0.25, 0.3) is 11.1 Å². The fourth-order valence-electron chi connectivity index (χ4n) is 2.48. The highest BCUT2D eigenvalue weighted by atomic mass is 16.1. The van der Waals surface area contributed by atoms with Crippen molar-refractivity contribution in [2.24, 2.45) is 0 Å². The molecule has 23 heavy (non-hydrogen) atoms. The van der Waals surface area contributed by atoms with Gasteiger partial charge in [-0.25, -0.2) is 4.98 Å². The Morgan fingerprint density at radius 1 is 1.00 bits per heavy atom. The summed E-state index contributed by atoms with van der Waals surface area (Å²) < 4.78 is 0. The van der Waals surface area contributed by atoms with Crippen LogP contribution in [-0.2, 0) is 0 Å². The van der Waals surface area contributed by atoms with E-state index in [0.717, 1.165) is 22.5 Å². The number of nitrogens with one attached hydrogen (secondary N) is 1. The summed E-state index contributed by atoms with van der Waals surface area (Å²) in [5.74, 6) is 6.10. The van der Waals surface area contributed by atoms with E-state index in [2.05, 4.69) is 21.8 Å². The molecule has 0 bridgehead atoms. The van der Waals surface area contributed by atoms with Gasteiger partial charge in [0.15, 0.2) is 5.43 Å². The Labute approximate surface area is 135 Å². The smallest absolute Gasteiger partial charge is 0.189 e. The van der Waals surface area contributed by atoms with Gasteiger partial charge in [-0.05, 0) is 44.0 Å². The third-order valence-corrected chi connectivity index (χ3v) is 3.51. The van der Waals surface area contributed by atoms with E-state index in [-0.39, 0.29) is 5.43 Å². The fraction of sp³-hybridized carbons (Fsp3) is 0.100. The molecule has 0 spiro atoms. The molecule has 112 valence electrons. The van der Waals surface area contributed by atoms with Crippen molar-refractivity contribution in [3.05, 3.63) is 87.6 Å². The van der Waals surface area contributed by atoms with E-state index >= 15 is 0 Å². The lowest BCUT2D eigenvalue weighted by Crippen LogP contribution is -2.08. The van der Waals surface area contributed by atoms with Crippen LogP contribution in [0.4, 0.5) is 0 Å². The molecule has 0 amide bonds. The van der Waals surface area contributed by atoms with Gasteiger partial charge in [0.1, 0.15) is 5.69 Å². The summed E-state index contributed by atoms with van der Waals surface area (Å²) in [6.07, 6.45) is 1.70. The minimum atomic E-state index is 0.00340. The molecule has 3 heteroatoms. The standard InChI is InChI=1S/C20H16N2O/c1-14-12-19(23)20(15(2)22-14)17-9-11-18(21-13-17)10-8-16-6-4-3-5-7-16/h3-7,9,11-13H,1-2H3,(H,22,23). The van der Waals surface area contributed by atoms with Gasteiger partial charge in [-0.3, -0.25) is 4.79 Å². The van der Waals surface area contributed by atoms with Gasteiger partial charge < -0.3 is 4.98 Å². The van der Waals surface area contributed by atoms with Crippen molar-refractivity contribution in [3.63, 3.8) is 0 Å². The van der Waals surface area contributed by atoms with Crippen molar-refractivity contribution >= 4 is 0 Å². The molecule has 0 aliphatic heterocycles. The van der Waals surface area contributed by atoms with E-state index in [1.807, 2.05) is 56.3 Å². The number of aromatic amines is 1. The number of benzene rings is 1. The van der Waals surface area contributed by atoms with Crippen molar-refractivity contribution in [3.8, 4) is 23.0 Å². The Morgan fingerprint density at radius 3 is 2.43 bits per heavy atom. The number of pyridine rings is 2. The number of rotatable bonds is 1. The van der Waals surface area contributed by atoms with Crippen LogP contribution in [0.1, 0.15) is 22.6 Å². The molecule has 0 radical (unpaired) electrons. The Bertz CT molecular complexity index is 943. The number of hydrogen-bond donors (Lipinski definition) is 1. The third-order valence-electron chi connectivity index (χ3n) is 3.51. The monoisotopic (exact) mass is 300 g/mol. The van der Waals surface area contributed by atoms with Gasteiger partial charge in [-0.2, -0.15) is 0 Å². The molecule has 0 aliphatic carbocycles. The van der Waals surface area contributed by atoms with E-state index in [1.54, 1.807) is 12.3 Å². The maximum Gasteiger partial charge on any atom is 0.189 e. The van der Waals surface area contributed by atoms with Crippen LogP contribution in [0.3, 0.4) is 0 Å². The summed E-state index contributed by atoms with van der Waals surface area (Å²) in [5.41, 5.74) is 4.79. The van der Waals surface area contributed by atoms with E-state index in [4.69, 9.17) is 0 Å². The molecule has 0 atom stereocenters. The lowest BCUT2D eigenvalue weighted by Gasteiger charge is -2.06. The zero-order chi connectivity index (χ0) is 16.2. The first-order valence-electron chi connectivity index (χ1n) is 7.37. The van der Waals surface area contributed by atoms with Crippen LogP contribution in [0.5, 0.6) is 0 Å². The van der Waals surface area contributed by atoms with Crippen molar-refractivity contribution in [1.82, 2.24) is 9.97 Å². The molecular weight excluding hydrogens is 284 g/mol. The molecule has 0 fully saturated rings. The van der Waals surface area contributed by atoms with Crippen molar-refractivity contribution < 1.29 is 0 Å². The van der Waals surface area contributed by atoms with Gasteiger partial charge in [-0.15, -0.1) is 0 Å². The molecule has 3 aromatic rings. The number of aromatic nitrogens is 2. The maximum atomic E-state index is 12.2. The Balaban J connectivity index is 1.92. The predicted octanol–water partition coefficient (Wildman–Crippen LogP) is 3.45. The Hall–Kier alpha value is -3.12. The molecule has 0 saturated heterocycles. The quantitative estimate of drug-likeness (QED) is 0.700. The van der Waals surface area contributed by atoms with Gasteiger partial charge in [0.2, 0.25) is 0 Å². The summed E-state index contributed by atoms with van der Waals surface area (Å²) in [6, 6.07) is 15.1. The molecule has 0 saturated carbocycles. The van der Waals surface area contributed by atoms with Gasteiger partial charge >= 0.3 is 0 Å². The van der Waals surface area contributed by atoms with Gasteiger partial charge in [0, 0.05) is 40.3 Å². The van der Waals surface area contributed by atoms with Crippen LogP contribution in [0.15, 0.2) is 59.5 Å². The SMILES string of the molecule is Cc1cc(=O)c(-c2ccc(C#Cc3ccccc3)nc2)c(C)[nH]1. The lowest BCUT2D eigenvalue weighted by atomic mass is 10.1. The van der Waals surface area contributed by atoms with E-state index < -0.39 is 0 Å². The summed E-state index contributed by atoms with van der Waals surface area (Å²) in [6.45, 7) is 3.77. The summed E-state index contributed by atoms with van der Waals surface area (Å²) in [7, 11) is 0. The van der Waals surface area contributed by atoms with E-state index in [1.165, 1.54) is 0 Å². The second-order valence-corrected chi connectivity index (χ2v) is 5.36. The molecule has 1 aromatic carbocycles. The van der Waals surface area contributed by atoms with Crippen molar-refractivity contribution in [2.75, 3.05) is 0 Å². The molecule has 2 aromatic heterocycles. The first-order chi connectivity index (χ1) is 11.1. The summed E-state index contributed by atoms with van der Waals surface area (Å²) in [5, 5.41) is 0. The number of aryl methyl sites for hydroxylation is 2. The highest BCUT2D eigenvalue weighted by Crippen LogP contribution is 2.17. The highest BCUT2D eigenvalue weighted by molar-refractivity contribution is 5.65. The minimum Gasteiger partial charge on any atom is -0.362 e. The van der Waals surface area contributed by atoms with Gasteiger partial charge in [0.25, 0.3) is 0 Å². The van der Waals surface area contributed by atoms with Crippen LogP contribution >= 0.6 is 0 Å². The van der Waals surface area contributed by atoms with Crippen LogP contribution in [0.2, 0.25) is 0 Å². The molecule has 3 rings (SSSR count). The molecule has 2 heterocycles. The zero-order valence-corrected chi connectivity index (χ0v) is 13.1. The Kier molecular flexibility index (Phi) is 4.07. The largest absolute Gasteiger partial charge is 0.362 e. The number of nitrogens with zero attached hydrogens (tertiary/aromatic N) is 1. The molecule has 1 N–H and O–H groups in total. The summed E-state index contributed by atoms with van der Waals surface area (Å²) in [4.78, 5) is 19.7. The van der Waals surface area contributed by atoms with E-state index in [0.29, 0.717) is 11.3 Å². The van der Waals surface area contributed by atoms with Crippen LogP contribution in [-0.4, -0.2) is 9.97 Å². The molecule has 0 aliphatic rings. The Morgan fingerprint density at radius 2 is 1.78 bits per heavy atom. The summed E-state index contributed by atoms with van der Waals surface area (Å²) >= 11 is 0. The number of H-pyrrole nitrogens is 1.